The number of rotatable bonds is 4. The molecule has 0 amide bonds. The molecule has 20 heavy (non-hydrogen) atoms. The van der Waals surface area contributed by atoms with Gasteiger partial charge in [-0.3, -0.25) is 0 Å². The Balaban J connectivity index is 2.52. The summed E-state index contributed by atoms with van der Waals surface area (Å²) < 4.78 is 13.4. The van der Waals surface area contributed by atoms with Crippen molar-refractivity contribution in [3.05, 3.63) is 46.2 Å². The molecule has 0 fully saturated rings. The molecule has 0 aliphatic carbocycles. The van der Waals surface area contributed by atoms with Crippen molar-refractivity contribution in [2.45, 2.75) is 6.92 Å². The van der Waals surface area contributed by atoms with Gasteiger partial charge in [0.1, 0.15) is 5.82 Å². The van der Waals surface area contributed by atoms with Crippen LogP contribution in [0.3, 0.4) is 0 Å². The minimum absolute atomic E-state index is 0.306. The first-order valence-corrected chi connectivity index (χ1v) is 6.68. The van der Waals surface area contributed by atoms with Crippen LogP contribution in [0.5, 0.6) is 0 Å². The number of hydrazine groups is 1. The Morgan fingerprint density at radius 3 is 2.65 bits per heavy atom. The Morgan fingerprint density at radius 1 is 1.30 bits per heavy atom. The predicted molar refractivity (Wildman–Crippen MR) is 81.1 cm³/mol. The van der Waals surface area contributed by atoms with Gasteiger partial charge in [-0.05, 0) is 31.2 Å². The van der Waals surface area contributed by atoms with Crippen LogP contribution >= 0.6 is 23.2 Å². The molecule has 1 aromatic heterocycles. The maximum Gasteiger partial charge on any atom is 0.161 e. The topological polar surface area (TPSA) is 54.2 Å². The number of anilines is 3. The van der Waals surface area contributed by atoms with E-state index >= 15 is 0 Å². The maximum atomic E-state index is 13.4. The lowest BCUT2D eigenvalue weighted by atomic mass is 10.2. The zero-order valence-corrected chi connectivity index (χ0v) is 12.2. The van der Waals surface area contributed by atoms with Crippen molar-refractivity contribution < 1.29 is 4.39 Å². The van der Waals surface area contributed by atoms with E-state index in [-0.39, 0.29) is 5.82 Å². The standard InChI is InChI=1S/C13H13Cl2FN4/c1-2-20(9-5-3-4-8(16)6-9)13-11(15)7-10(14)12(18-13)19-17/h3-7H,2,17H2,1H3,(H,18,19). The molecule has 106 valence electrons. The highest BCUT2D eigenvalue weighted by molar-refractivity contribution is 6.37. The molecule has 0 radical (unpaired) electrons. The molecule has 0 saturated heterocycles. The summed E-state index contributed by atoms with van der Waals surface area (Å²) in [5, 5.41) is 0.677. The monoisotopic (exact) mass is 314 g/mol. The van der Waals surface area contributed by atoms with E-state index in [4.69, 9.17) is 29.0 Å². The van der Waals surface area contributed by atoms with Crippen molar-refractivity contribution in [2.75, 3.05) is 16.9 Å². The number of aromatic nitrogens is 1. The van der Waals surface area contributed by atoms with Gasteiger partial charge < -0.3 is 10.3 Å². The summed E-state index contributed by atoms with van der Waals surface area (Å²) in [6, 6.07) is 7.73. The summed E-state index contributed by atoms with van der Waals surface area (Å²) in [6.07, 6.45) is 0. The molecule has 3 N–H and O–H groups in total. The van der Waals surface area contributed by atoms with Gasteiger partial charge in [0.15, 0.2) is 11.6 Å². The van der Waals surface area contributed by atoms with E-state index in [1.54, 1.807) is 23.1 Å². The van der Waals surface area contributed by atoms with Gasteiger partial charge in [0.25, 0.3) is 0 Å². The molecule has 2 aromatic rings. The fraction of sp³-hybridized carbons (Fsp3) is 0.154. The second-order valence-electron chi connectivity index (χ2n) is 3.99. The second-order valence-corrected chi connectivity index (χ2v) is 4.81. The summed E-state index contributed by atoms with van der Waals surface area (Å²) >= 11 is 12.1. The fourth-order valence-corrected chi connectivity index (χ4v) is 2.36. The maximum absolute atomic E-state index is 13.4. The number of nitrogen functional groups attached to an aromatic ring is 1. The van der Waals surface area contributed by atoms with Crippen LogP contribution in [0.1, 0.15) is 6.92 Å². The lowest BCUT2D eigenvalue weighted by Gasteiger charge is -2.24. The van der Waals surface area contributed by atoms with Crippen LogP contribution in [0.25, 0.3) is 0 Å². The fourth-order valence-electron chi connectivity index (χ4n) is 1.85. The molecule has 1 heterocycles. The van der Waals surface area contributed by atoms with Gasteiger partial charge in [-0.1, -0.05) is 29.3 Å². The van der Waals surface area contributed by atoms with E-state index < -0.39 is 0 Å². The molecule has 4 nitrogen and oxygen atoms in total. The minimum atomic E-state index is -0.330. The first-order chi connectivity index (χ1) is 9.56. The highest BCUT2D eigenvalue weighted by Gasteiger charge is 2.16. The molecule has 7 heteroatoms. The SMILES string of the molecule is CCN(c1cccc(F)c1)c1nc(NN)c(Cl)cc1Cl. The molecule has 0 spiro atoms. The highest BCUT2D eigenvalue weighted by atomic mass is 35.5. The third-order valence-corrected chi connectivity index (χ3v) is 3.31. The van der Waals surface area contributed by atoms with Gasteiger partial charge in [-0.15, -0.1) is 0 Å². The predicted octanol–water partition coefficient (Wildman–Crippen LogP) is 3.97. The molecule has 0 aliphatic rings. The smallest absolute Gasteiger partial charge is 0.161 e. The van der Waals surface area contributed by atoms with Crippen molar-refractivity contribution in [2.24, 2.45) is 5.84 Å². The molecule has 0 unspecified atom stereocenters. The van der Waals surface area contributed by atoms with Crippen molar-refractivity contribution in [3.63, 3.8) is 0 Å². The van der Waals surface area contributed by atoms with E-state index in [2.05, 4.69) is 10.4 Å². The lowest BCUT2D eigenvalue weighted by molar-refractivity contribution is 0.627. The average Bonchev–Trinajstić information content (AvgIpc) is 2.42. The number of nitrogens with two attached hydrogens (primary N) is 1. The summed E-state index contributed by atoms with van der Waals surface area (Å²) in [7, 11) is 0. The summed E-state index contributed by atoms with van der Waals surface area (Å²) in [5.41, 5.74) is 3.05. The Labute approximate surface area is 126 Å². The Morgan fingerprint density at radius 2 is 2.05 bits per heavy atom. The average molecular weight is 315 g/mol. The van der Waals surface area contributed by atoms with Gasteiger partial charge in [-0.2, -0.15) is 0 Å². The van der Waals surface area contributed by atoms with Crippen LogP contribution in [0.15, 0.2) is 30.3 Å². The lowest BCUT2D eigenvalue weighted by Crippen LogP contribution is -2.19. The number of nitrogens with zero attached hydrogens (tertiary/aromatic N) is 2. The van der Waals surface area contributed by atoms with Crippen molar-refractivity contribution >= 4 is 40.5 Å². The number of hydrogen-bond acceptors (Lipinski definition) is 4. The highest BCUT2D eigenvalue weighted by Crippen LogP contribution is 2.34. The molecule has 0 atom stereocenters. The second kappa shape index (κ2) is 6.26. The Hall–Kier alpha value is -1.56. The third kappa shape index (κ3) is 2.95. The summed E-state index contributed by atoms with van der Waals surface area (Å²) in [4.78, 5) is 6.04. The molecule has 1 aromatic carbocycles. The first kappa shape index (κ1) is 14.8. The van der Waals surface area contributed by atoms with E-state index in [9.17, 15) is 4.39 Å². The van der Waals surface area contributed by atoms with E-state index in [1.807, 2.05) is 6.92 Å². The van der Waals surface area contributed by atoms with E-state index in [0.29, 0.717) is 33.9 Å². The van der Waals surface area contributed by atoms with Gasteiger partial charge >= 0.3 is 0 Å². The molecule has 0 saturated carbocycles. The quantitative estimate of drug-likeness (QED) is 0.662. The van der Waals surface area contributed by atoms with Gasteiger partial charge in [0.2, 0.25) is 0 Å². The van der Waals surface area contributed by atoms with Crippen LogP contribution in [0.4, 0.5) is 21.7 Å². The first-order valence-electron chi connectivity index (χ1n) is 5.92. The minimum Gasteiger partial charge on any atom is -0.325 e. The van der Waals surface area contributed by atoms with Crippen LogP contribution in [0.2, 0.25) is 10.0 Å². The zero-order chi connectivity index (χ0) is 14.7. The number of nitrogens with one attached hydrogen (secondary N) is 1. The van der Waals surface area contributed by atoms with Gasteiger partial charge in [-0.25, -0.2) is 15.2 Å². The van der Waals surface area contributed by atoms with Crippen molar-refractivity contribution in [1.82, 2.24) is 4.98 Å². The Kier molecular flexibility index (Phi) is 4.65. The van der Waals surface area contributed by atoms with Gasteiger partial charge in [0, 0.05) is 12.2 Å². The molecule has 0 bridgehead atoms. The molecule has 2 rings (SSSR count). The van der Waals surface area contributed by atoms with Crippen LogP contribution in [-0.2, 0) is 0 Å². The largest absolute Gasteiger partial charge is 0.325 e. The third-order valence-electron chi connectivity index (χ3n) is 2.74. The van der Waals surface area contributed by atoms with Gasteiger partial charge in [0.05, 0.1) is 10.0 Å². The number of pyridine rings is 1. The Bertz CT molecular complexity index is 621. The number of hydrogen-bond donors (Lipinski definition) is 2. The summed E-state index contributed by atoms with van der Waals surface area (Å²) in [6.45, 7) is 2.47. The van der Waals surface area contributed by atoms with Crippen LogP contribution in [0, 0.1) is 5.82 Å². The van der Waals surface area contributed by atoms with Crippen LogP contribution < -0.4 is 16.2 Å². The molecule has 0 aliphatic heterocycles. The summed E-state index contributed by atoms with van der Waals surface area (Å²) in [5.74, 6) is 5.79. The number of benzene rings is 1. The van der Waals surface area contributed by atoms with E-state index in [1.165, 1.54) is 12.1 Å². The van der Waals surface area contributed by atoms with Crippen molar-refractivity contribution in [3.8, 4) is 0 Å². The van der Waals surface area contributed by atoms with E-state index in [0.717, 1.165) is 0 Å². The number of halogens is 3. The molecular weight excluding hydrogens is 302 g/mol. The zero-order valence-electron chi connectivity index (χ0n) is 10.7. The normalized spacial score (nSPS) is 10.4. The van der Waals surface area contributed by atoms with Crippen LogP contribution in [-0.4, -0.2) is 11.5 Å². The van der Waals surface area contributed by atoms with Crippen molar-refractivity contribution in [1.29, 1.82) is 0 Å². The molecular formula is C13H13Cl2FN4.